The highest BCUT2D eigenvalue weighted by Crippen LogP contribution is 2.39. The third-order valence-electron chi connectivity index (χ3n) is 6.07. The first kappa shape index (κ1) is 20.9. The molecule has 1 N–H and O–H groups in total. The summed E-state index contributed by atoms with van der Waals surface area (Å²) in [5.41, 5.74) is 5.02. The Morgan fingerprint density at radius 1 is 1.00 bits per heavy atom. The van der Waals surface area contributed by atoms with Gasteiger partial charge in [0.1, 0.15) is 0 Å². The minimum Gasteiger partial charge on any atom is -0.459 e. The summed E-state index contributed by atoms with van der Waals surface area (Å²) in [6.45, 7) is 4.55. The maximum atomic E-state index is 13.4. The number of furan rings is 1. The van der Waals surface area contributed by atoms with Crippen LogP contribution >= 0.6 is 0 Å². The molecule has 2 aromatic heterocycles. The lowest BCUT2D eigenvalue weighted by atomic mass is 9.76. The van der Waals surface area contributed by atoms with E-state index in [4.69, 9.17) is 8.83 Å². The van der Waals surface area contributed by atoms with Crippen LogP contribution in [0.25, 0.3) is 28.4 Å². The molecule has 0 atom stereocenters. The van der Waals surface area contributed by atoms with Gasteiger partial charge in [0.25, 0.3) is 11.8 Å². The number of carbonyl (C=O) groups excluding carboxylic acids is 1. The van der Waals surface area contributed by atoms with Crippen molar-refractivity contribution in [3.8, 4) is 22.8 Å². The number of nitrogens with zero attached hydrogens (tertiary/aromatic N) is 2. The predicted octanol–water partition coefficient (Wildman–Crippen LogP) is 6.84. The number of anilines is 1. The number of aromatic nitrogens is 2. The Morgan fingerprint density at radius 2 is 1.85 bits per heavy atom. The highest BCUT2D eigenvalue weighted by molar-refractivity contribution is 6.07. The molecule has 5 rings (SSSR count). The van der Waals surface area contributed by atoms with Gasteiger partial charge < -0.3 is 8.83 Å². The van der Waals surface area contributed by atoms with Gasteiger partial charge in [-0.2, -0.15) is 0 Å². The molecule has 2 aromatic carbocycles. The quantitative estimate of drug-likeness (QED) is 0.368. The van der Waals surface area contributed by atoms with E-state index in [1.807, 2.05) is 42.5 Å². The minimum atomic E-state index is -0.289. The summed E-state index contributed by atoms with van der Waals surface area (Å²) < 4.78 is 10.9. The van der Waals surface area contributed by atoms with Crippen molar-refractivity contribution in [2.24, 2.45) is 5.41 Å². The number of hydrogen-bond donors (Lipinski definition) is 1. The predicted molar refractivity (Wildman–Crippen MR) is 127 cm³/mol. The molecule has 0 radical (unpaired) electrons. The van der Waals surface area contributed by atoms with E-state index in [-0.39, 0.29) is 23.2 Å². The molecule has 6 heteroatoms. The van der Waals surface area contributed by atoms with Gasteiger partial charge in [-0.15, -0.1) is 5.10 Å². The number of amides is 1. The van der Waals surface area contributed by atoms with E-state index in [9.17, 15) is 4.79 Å². The van der Waals surface area contributed by atoms with Crippen molar-refractivity contribution in [2.75, 3.05) is 5.32 Å². The highest BCUT2D eigenvalue weighted by Gasteiger charge is 2.25. The molecule has 0 fully saturated rings. The molecule has 33 heavy (non-hydrogen) atoms. The summed E-state index contributed by atoms with van der Waals surface area (Å²) in [5.74, 6) is 0.374. The summed E-state index contributed by atoms with van der Waals surface area (Å²) in [5, 5.41) is 10.7. The molecule has 4 aromatic rings. The van der Waals surface area contributed by atoms with Crippen molar-refractivity contribution >= 4 is 17.5 Å². The molecule has 0 spiro atoms. The first-order chi connectivity index (χ1) is 16.0. The average molecular weight is 440 g/mol. The van der Waals surface area contributed by atoms with Gasteiger partial charge in [0.15, 0.2) is 5.76 Å². The second kappa shape index (κ2) is 8.54. The van der Waals surface area contributed by atoms with Crippen LogP contribution in [-0.4, -0.2) is 16.1 Å². The second-order valence-electron chi connectivity index (χ2n) is 9.07. The number of carbonyl (C=O) groups is 1. The molecular weight excluding hydrogens is 414 g/mol. The Kier molecular flexibility index (Phi) is 5.42. The van der Waals surface area contributed by atoms with Gasteiger partial charge in [0, 0.05) is 5.56 Å². The molecule has 0 aliphatic heterocycles. The highest BCUT2D eigenvalue weighted by atomic mass is 16.4. The Labute approximate surface area is 192 Å². The average Bonchev–Trinajstić information content (AvgIpc) is 3.52. The standard InChI is InChI=1S/C27H25N3O3/c1-27(2)14-12-19(13-15-27)21-11-10-20(18-7-4-3-5-8-18)17-22(21)24(31)28-26-30-29-25(33-26)23-9-6-16-32-23/h3-12,16-17H,13-15H2,1-2H3,(H,28,30,31). The van der Waals surface area contributed by atoms with E-state index in [1.165, 1.54) is 11.8 Å². The number of hydrogen-bond acceptors (Lipinski definition) is 5. The van der Waals surface area contributed by atoms with E-state index in [1.54, 1.807) is 12.1 Å². The number of benzene rings is 2. The van der Waals surface area contributed by atoms with Crippen LogP contribution < -0.4 is 5.32 Å². The summed E-state index contributed by atoms with van der Waals surface area (Å²) in [6.07, 6.45) is 6.79. The third-order valence-corrected chi connectivity index (χ3v) is 6.07. The smallest absolute Gasteiger partial charge is 0.322 e. The molecule has 1 aliphatic rings. The summed E-state index contributed by atoms with van der Waals surface area (Å²) in [6, 6.07) is 19.6. The summed E-state index contributed by atoms with van der Waals surface area (Å²) in [7, 11) is 0. The lowest BCUT2D eigenvalue weighted by Gasteiger charge is -2.29. The van der Waals surface area contributed by atoms with Crippen LogP contribution in [0.3, 0.4) is 0 Å². The lowest BCUT2D eigenvalue weighted by Crippen LogP contribution is -2.17. The molecule has 0 saturated carbocycles. The van der Waals surface area contributed by atoms with Crippen molar-refractivity contribution in [1.29, 1.82) is 0 Å². The first-order valence-corrected chi connectivity index (χ1v) is 11.1. The first-order valence-electron chi connectivity index (χ1n) is 11.1. The number of allylic oxidation sites excluding steroid dienone is 2. The van der Waals surface area contributed by atoms with E-state index >= 15 is 0 Å². The molecule has 2 heterocycles. The van der Waals surface area contributed by atoms with Gasteiger partial charge in [-0.3, -0.25) is 10.1 Å². The van der Waals surface area contributed by atoms with Gasteiger partial charge in [0.2, 0.25) is 0 Å². The fraction of sp³-hybridized carbons (Fsp3) is 0.222. The van der Waals surface area contributed by atoms with Gasteiger partial charge in [-0.1, -0.05) is 67.5 Å². The zero-order valence-electron chi connectivity index (χ0n) is 18.7. The van der Waals surface area contributed by atoms with E-state index in [0.717, 1.165) is 36.0 Å². The van der Waals surface area contributed by atoms with Crippen LogP contribution in [0.4, 0.5) is 6.01 Å². The number of nitrogens with one attached hydrogen (secondary N) is 1. The van der Waals surface area contributed by atoms with Gasteiger partial charge in [-0.05, 0) is 65.1 Å². The third kappa shape index (κ3) is 4.51. The lowest BCUT2D eigenvalue weighted by molar-refractivity contribution is 0.102. The Bertz CT molecular complexity index is 1300. The largest absolute Gasteiger partial charge is 0.459 e. The molecule has 0 bridgehead atoms. The molecule has 1 aliphatic carbocycles. The van der Waals surface area contributed by atoms with Crippen molar-refractivity contribution in [1.82, 2.24) is 10.2 Å². The molecule has 6 nitrogen and oxygen atoms in total. The molecular formula is C27H25N3O3. The monoisotopic (exact) mass is 439 g/mol. The fourth-order valence-corrected chi connectivity index (χ4v) is 4.08. The van der Waals surface area contributed by atoms with Gasteiger partial charge in [0.05, 0.1) is 6.26 Å². The second-order valence-corrected chi connectivity index (χ2v) is 9.07. The van der Waals surface area contributed by atoms with Crippen molar-refractivity contribution < 1.29 is 13.6 Å². The van der Waals surface area contributed by atoms with Gasteiger partial charge >= 0.3 is 6.01 Å². The Hall–Kier alpha value is -3.93. The van der Waals surface area contributed by atoms with Crippen LogP contribution in [0, 0.1) is 5.41 Å². The molecule has 166 valence electrons. The minimum absolute atomic E-state index is 0.0289. The van der Waals surface area contributed by atoms with Crippen molar-refractivity contribution in [2.45, 2.75) is 33.1 Å². The Morgan fingerprint density at radius 3 is 2.58 bits per heavy atom. The molecule has 0 unspecified atom stereocenters. The van der Waals surface area contributed by atoms with Crippen LogP contribution in [0.5, 0.6) is 0 Å². The van der Waals surface area contributed by atoms with E-state index < -0.39 is 0 Å². The Balaban J connectivity index is 1.49. The topological polar surface area (TPSA) is 81.2 Å². The van der Waals surface area contributed by atoms with E-state index in [2.05, 4.69) is 41.5 Å². The summed E-state index contributed by atoms with van der Waals surface area (Å²) in [4.78, 5) is 13.4. The zero-order valence-corrected chi connectivity index (χ0v) is 18.7. The van der Waals surface area contributed by atoms with Crippen LogP contribution in [0.15, 0.2) is 81.8 Å². The van der Waals surface area contributed by atoms with E-state index in [0.29, 0.717) is 11.3 Å². The molecule has 0 saturated heterocycles. The van der Waals surface area contributed by atoms with Crippen LogP contribution in [0.2, 0.25) is 0 Å². The fourth-order valence-electron chi connectivity index (χ4n) is 4.08. The van der Waals surface area contributed by atoms with Crippen molar-refractivity contribution in [3.63, 3.8) is 0 Å². The zero-order chi connectivity index (χ0) is 22.8. The maximum absolute atomic E-state index is 13.4. The number of rotatable bonds is 5. The van der Waals surface area contributed by atoms with Crippen molar-refractivity contribution in [3.05, 3.63) is 84.1 Å². The van der Waals surface area contributed by atoms with Gasteiger partial charge in [-0.25, -0.2) is 0 Å². The maximum Gasteiger partial charge on any atom is 0.322 e. The summed E-state index contributed by atoms with van der Waals surface area (Å²) >= 11 is 0. The van der Waals surface area contributed by atoms with Crippen LogP contribution in [0.1, 0.15) is 49.0 Å². The molecule has 1 amide bonds. The normalized spacial score (nSPS) is 15.2. The van der Waals surface area contributed by atoms with Crippen LogP contribution in [-0.2, 0) is 0 Å². The SMILES string of the molecule is CC1(C)CC=C(c2ccc(-c3ccccc3)cc2C(=O)Nc2nnc(-c3ccco3)o2)CC1.